The number of nitrogens with zero attached hydrogens (tertiary/aromatic N) is 2. The predicted octanol–water partition coefficient (Wildman–Crippen LogP) is 2.05. The van der Waals surface area contributed by atoms with Gasteiger partial charge in [0, 0.05) is 32.2 Å². The van der Waals surface area contributed by atoms with Gasteiger partial charge in [-0.05, 0) is 44.4 Å². The van der Waals surface area contributed by atoms with E-state index in [2.05, 4.69) is 0 Å². The van der Waals surface area contributed by atoms with Crippen LogP contribution in [0.4, 0.5) is 0 Å². The third kappa shape index (κ3) is 2.11. The van der Waals surface area contributed by atoms with Gasteiger partial charge in [0.1, 0.15) is 0 Å². The van der Waals surface area contributed by atoms with Crippen molar-refractivity contribution in [2.24, 2.45) is 20.0 Å². The molecule has 2 aromatic rings. The number of imidazole rings is 1. The molecule has 0 saturated carbocycles. The second-order valence-corrected chi connectivity index (χ2v) is 6.07. The van der Waals surface area contributed by atoms with Gasteiger partial charge in [0.25, 0.3) is 0 Å². The molecule has 0 bridgehead atoms. The topological polar surface area (TPSA) is 53.2 Å². The van der Waals surface area contributed by atoms with Gasteiger partial charge in [-0.1, -0.05) is 0 Å². The van der Waals surface area contributed by atoms with E-state index in [0.717, 1.165) is 35.0 Å². The van der Waals surface area contributed by atoms with Crippen LogP contribution in [0.2, 0.25) is 0 Å². The number of ketones is 1. The number of fused-ring (bicyclic) bond motifs is 2. The van der Waals surface area contributed by atoms with Gasteiger partial charge >= 0.3 is 5.69 Å². The maximum absolute atomic E-state index is 12.8. The fraction of sp³-hybridized carbons (Fsp3) is 0.529. The molecule has 1 aliphatic carbocycles. The van der Waals surface area contributed by atoms with E-state index in [1.165, 1.54) is 0 Å². The maximum Gasteiger partial charge on any atom is 0.328 e. The summed E-state index contributed by atoms with van der Waals surface area (Å²) in [7, 11) is 3.51. The Labute approximate surface area is 129 Å². The van der Waals surface area contributed by atoms with Crippen molar-refractivity contribution in [1.29, 1.82) is 0 Å². The van der Waals surface area contributed by atoms with E-state index in [1.54, 1.807) is 23.2 Å². The standard InChI is InChI=1S/C17H22N2O3/c1-5-22-10(2)12-7-6-11-8-14-15(9-13(11)16(12)20)19(4)17(21)18(14)3/h8-10,12H,5-7H2,1-4H3. The lowest BCUT2D eigenvalue weighted by atomic mass is 9.80. The fourth-order valence-corrected chi connectivity index (χ4v) is 3.49. The molecule has 0 aliphatic heterocycles. The lowest BCUT2D eigenvalue weighted by Crippen LogP contribution is -2.32. The quantitative estimate of drug-likeness (QED) is 0.872. The average Bonchev–Trinajstić information content (AvgIpc) is 2.71. The van der Waals surface area contributed by atoms with Crippen LogP contribution >= 0.6 is 0 Å². The van der Waals surface area contributed by atoms with Gasteiger partial charge in [-0.15, -0.1) is 0 Å². The summed E-state index contributed by atoms with van der Waals surface area (Å²) in [6.07, 6.45) is 1.59. The maximum atomic E-state index is 12.8. The van der Waals surface area contributed by atoms with E-state index in [-0.39, 0.29) is 23.5 Å². The van der Waals surface area contributed by atoms with Crippen molar-refractivity contribution in [2.45, 2.75) is 32.8 Å². The van der Waals surface area contributed by atoms with Gasteiger partial charge in [-0.3, -0.25) is 13.9 Å². The summed E-state index contributed by atoms with van der Waals surface area (Å²) in [5, 5.41) is 0. The first kappa shape index (κ1) is 15.0. The third-order valence-electron chi connectivity index (χ3n) is 4.82. The number of aromatic nitrogens is 2. The molecule has 1 heterocycles. The Morgan fingerprint density at radius 1 is 1.23 bits per heavy atom. The summed E-state index contributed by atoms with van der Waals surface area (Å²) < 4.78 is 8.85. The minimum atomic E-state index is -0.0920. The van der Waals surface area contributed by atoms with Gasteiger partial charge in [0.05, 0.1) is 17.1 Å². The Bertz CT molecular complexity index is 800. The number of hydrogen-bond acceptors (Lipinski definition) is 3. The zero-order valence-corrected chi connectivity index (χ0v) is 13.5. The number of carbonyl (C=O) groups is 1. The molecule has 118 valence electrons. The molecular formula is C17H22N2O3. The van der Waals surface area contributed by atoms with Crippen molar-refractivity contribution in [1.82, 2.24) is 9.13 Å². The van der Waals surface area contributed by atoms with Crippen LogP contribution in [-0.2, 0) is 25.3 Å². The van der Waals surface area contributed by atoms with Gasteiger partial charge in [-0.2, -0.15) is 0 Å². The lowest BCUT2D eigenvalue weighted by molar-refractivity contribution is 0.0276. The van der Waals surface area contributed by atoms with E-state index in [1.807, 2.05) is 26.0 Å². The highest BCUT2D eigenvalue weighted by Gasteiger charge is 2.32. The Balaban J connectivity index is 2.11. The first-order valence-electron chi connectivity index (χ1n) is 7.79. The molecule has 1 aromatic carbocycles. The number of rotatable bonds is 3. The monoisotopic (exact) mass is 302 g/mol. The summed E-state index contributed by atoms with van der Waals surface area (Å²) in [5.41, 5.74) is 3.42. The molecule has 5 nitrogen and oxygen atoms in total. The SMILES string of the molecule is CCOC(C)C1CCc2cc3c(cc2C1=O)n(C)c(=O)n3C. The van der Waals surface area contributed by atoms with Crippen LogP contribution in [0.1, 0.15) is 36.2 Å². The minimum absolute atomic E-state index is 0.0657. The Morgan fingerprint density at radius 3 is 2.50 bits per heavy atom. The molecule has 2 atom stereocenters. The average molecular weight is 302 g/mol. The van der Waals surface area contributed by atoms with Crippen molar-refractivity contribution in [3.63, 3.8) is 0 Å². The smallest absolute Gasteiger partial charge is 0.328 e. The number of hydrogen-bond donors (Lipinski definition) is 0. The second-order valence-electron chi connectivity index (χ2n) is 6.07. The van der Waals surface area contributed by atoms with E-state index in [0.29, 0.717) is 6.61 Å². The molecular weight excluding hydrogens is 280 g/mol. The summed E-state index contributed by atoms with van der Waals surface area (Å²) >= 11 is 0. The molecule has 1 aliphatic rings. The van der Waals surface area contributed by atoms with Crippen molar-refractivity contribution < 1.29 is 9.53 Å². The Morgan fingerprint density at radius 2 is 1.86 bits per heavy atom. The number of aryl methyl sites for hydroxylation is 3. The van der Waals surface area contributed by atoms with Crippen molar-refractivity contribution in [2.75, 3.05) is 6.61 Å². The minimum Gasteiger partial charge on any atom is -0.378 e. The zero-order valence-electron chi connectivity index (χ0n) is 13.5. The molecule has 3 rings (SSSR count). The number of Topliss-reactive ketones (excluding diaryl/α,β-unsaturated/α-hetero) is 1. The molecule has 2 unspecified atom stereocenters. The highest BCUT2D eigenvalue weighted by atomic mass is 16.5. The van der Waals surface area contributed by atoms with E-state index in [9.17, 15) is 9.59 Å². The highest BCUT2D eigenvalue weighted by Crippen LogP contribution is 2.31. The molecule has 5 heteroatoms. The molecule has 0 N–H and O–H groups in total. The largest absolute Gasteiger partial charge is 0.378 e. The fourth-order valence-electron chi connectivity index (χ4n) is 3.49. The van der Waals surface area contributed by atoms with E-state index < -0.39 is 0 Å². The van der Waals surface area contributed by atoms with Crippen LogP contribution in [0.3, 0.4) is 0 Å². The van der Waals surface area contributed by atoms with E-state index in [4.69, 9.17) is 4.74 Å². The van der Waals surface area contributed by atoms with Gasteiger partial charge in [0.15, 0.2) is 5.78 Å². The number of carbonyl (C=O) groups excluding carboxylic acids is 1. The van der Waals surface area contributed by atoms with Gasteiger partial charge < -0.3 is 4.74 Å². The van der Waals surface area contributed by atoms with Crippen LogP contribution in [0.25, 0.3) is 11.0 Å². The van der Waals surface area contributed by atoms with Crippen molar-refractivity contribution in [3.8, 4) is 0 Å². The van der Waals surface area contributed by atoms with Crippen molar-refractivity contribution in [3.05, 3.63) is 33.7 Å². The first-order chi connectivity index (χ1) is 10.5. The number of ether oxygens (including phenoxy) is 1. The third-order valence-corrected chi connectivity index (χ3v) is 4.82. The van der Waals surface area contributed by atoms with Crippen LogP contribution in [-0.4, -0.2) is 27.6 Å². The molecule has 1 aromatic heterocycles. The van der Waals surface area contributed by atoms with Crippen LogP contribution in [0.5, 0.6) is 0 Å². The molecule has 0 fully saturated rings. The summed E-state index contributed by atoms with van der Waals surface area (Å²) in [4.78, 5) is 24.9. The van der Waals surface area contributed by atoms with Crippen LogP contribution < -0.4 is 5.69 Å². The zero-order chi connectivity index (χ0) is 16.0. The highest BCUT2D eigenvalue weighted by molar-refractivity contribution is 6.03. The Kier molecular flexibility index (Phi) is 3.68. The van der Waals surface area contributed by atoms with Crippen molar-refractivity contribution >= 4 is 16.8 Å². The normalized spacial score (nSPS) is 19.5. The first-order valence-corrected chi connectivity index (χ1v) is 7.79. The Hall–Kier alpha value is -1.88. The molecule has 0 radical (unpaired) electrons. The number of benzene rings is 1. The summed E-state index contributed by atoms with van der Waals surface area (Å²) in [5.74, 6) is 0.0473. The lowest BCUT2D eigenvalue weighted by Gasteiger charge is -2.28. The van der Waals surface area contributed by atoms with E-state index >= 15 is 0 Å². The molecule has 0 spiro atoms. The van der Waals surface area contributed by atoms with Gasteiger partial charge in [-0.25, -0.2) is 4.79 Å². The van der Waals surface area contributed by atoms with Crippen LogP contribution in [0.15, 0.2) is 16.9 Å². The second kappa shape index (κ2) is 5.39. The summed E-state index contributed by atoms with van der Waals surface area (Å²) in [6.45, 7) is 4.53. The summed E-state index contributed by atoms with van der Waals surface area (Å²) in [6, 6.07) is 3.87. The predicted molar refractivity (Wildman–Crippen MR) is 85.4 cm³/mol. The van der Waals surface area contributed by atoms with Gasteiger partial charge in [0.2, 0.25) is 0 Å². The molecule has 22 heavy (non-hydrogen) atoms. The molecule has 0 saturated heterocycles. The molecule has 0 amide bonds. The van der Waals surface area contributed by atoms with Crippen LogP contribution in [0, 0.1) is 5.92 Å².